The van der Waals surface area contributed by atoms with Gasteiger partial charge in [0, 0.05) is 31.1 Å². The SMILES string of the molecule is CNc1ncc2cc(Br)c(NCC3COC3)nc2n1. The van der Waals surface area contributed by atoms with Gasteiger partial charge in [0.05, 0.1) is 17.7 Å². The summed E-state index contributed by atoms with van der Waals surface area (Å²) in [7, 11) is 1.79. The van der Waals surface area contributed by atoms with E-state index in [1.54, 1.807) is 13.2 Å². The lowest BCUT2D eigenvalue weighted by atomic mass is 10.1. The van der Waals surface area contributed by atoms with Crippen molar-refractivity contribution in [3.63, 3.8) is 0 Å². The first-order valence-electron chi connectivity index (χ1n) is 6.09. The van der Waals surface area contributed by atoms with Gasteiger partial charge in [0.15, 0.2) is 5.65 Å². The maximum absolute atomic E-state index is 5.15. The van der Waals surface area contributed by atoms with Crippen LogP contribution in [0.3, 0.4) is 0 Å². The first kappa shape index (κ1) is 12.6. The molecule has 3 rings (SSSR count). The molecule has 0 atom stereocenters. The summed E-state index contributed by atoms with van der Waals surface area (Å²) >= 11 is 3.52. The van der Waals surface area contributed by atoms with E-state index in [1.165, 1.54) is 0 Å². The number of hydrogen-bond donors (Lipinski definition) is 2. The molecule has 6 nitrogen and oxygen atoms in total. The summed E-state index contributed by atoms with van der Waals surface area (Å²) in [5, 5.41) is 7.14. The molecule has 3 heterocycles. The Morgan fingerprint density at radius 1 is 1.42 bits per heavy atom. The molecule has 19 heavy (non-hydrogen) atoms. The Balaban J connectivity index is 1.87. The third-order valence-corrected chi connectivity index (χ3v) is 3.62. The highest BCUT2D eigenvalue weighted by Crippen LogP contribution is 2.25. The van der Waals surface area contributed by atoms with Crippen LogP contribution in [0.4, 0.5) is 11.8 Å². The second kappa shape index (κ2) is 5.26. The average Bonchev–Trinajstić information content (AvgIpc) is 2.37. The zero-order valence-corrected chi connectivity index (χ0v) is 12.1. The molecule has 2 aromatic rings. The number of anilines is 2. The number of fused-ring (bicyclic) bond motifs is 1. The predicted molar refractivity (Wildman–Crippen MR) is 77.4 cm³/mol. The van der Waals surface area contributed by atoms with Crippen molar-refractivity contribution in [3.05, 3.63) is 16.7 Å². The minimum atomic E-state index is 0.570. The Morgan fingerprint density at radius 3 is 2.95 bits per heavy atom. The van der Waals surface area contributed by atoms with Crippen molar-refractivity contribution in [1.29, 1.82) is 0 Å². The van der Waals surface area contributed by atoms with Crippen LogP contribution in [0.5, 0.6) is 0 Å². The molecule has 2 N–H and O–H groups in total. The summed E-state index contributed by atoms with van der Waals surface area (Å²) in [6.07, 6.45) is 1.76. The molecule has 0 bridgehead atoms. The zero-order valence-electron chi connectivity index (χ0n) is 10.5. The van der Waals surface area contributed by atoms with Crippen LogP contribution in [0.2, 0.25) is 0 Å². The molecule has 1 aliphatic heterocycles. The number of ether oxygens (including phenoxy) is 1. The summed E-state index contributed by atoms with van der Waals surface area (Å²) in [5.74, 6) is 1.95. The fraction of sp³-hybridized carbons (Fsp3) is 0.417. The number of rotatable bonds is 4. The van der Waals surface area contributed by atoms with Gasteiger partial charge in [0.2, 0.25) is 5.95 Å². The van der Waals surface area contributed by atoms with E-state index in [9.17, 15) is 0 Å². The lowest BCUT2D eigenvalue weighted by Gasteiger charge is -2.26. The van der Waals surface area contributed by atoms with Crippen molar-refractivity contribution in [1.82, 2.24) is 15.0 Å². The van der Waals surface area contributed by atoms with Crippen molar-refractivity contribution in [2.24, 2.45) is 5.92 Å². The van der Waals surface area contributed by atoms with Crippen LogP contribution < -0.4 is 10.6 Å². The maximum atomic E-state index is 5.15. The van der Waals surface area contributed by atoms with Gasteiger partial charge in [-0.2, -0.15) is 4.98 Å². The van der Waals surface area contributed by atoms with Crippen LogP contribution >= 0.6 is 15.9 Å². The van der Waals surface area contributed by atoms with Crippen molar-refractivity contribution < 1.29 is 4.74 Å². The molecule has 0 unspecified atom stereocenters. The molecule has 1 saturated heterocycles. The van der Waals surface area contributed by atoms with E-state index in [0.717, 1.165) is 35.4 Å². The minimum Gasteiger partial charge on any atom is -0.381 e. The normalized spacial score (nSPS) is 15.3. The van der Waals surface area contributed by atoms with Gasteiger partial charge in [0.1, 0.15) is 5.82 Å². The van der Waals surface area contributed by atoms with Gasteiger partial charge in [-0.05, 0) is 22.0 Å². The van der Waals surface area contributed by atoms with Crippen molar-refractivity contribution in [3.8, 4) is 0 Å². The monoisotopic (exact) mass is 323 g/mol. The van der Waals surface area contributed by atoms with Crippen LogP contribution in [0.15, 0.2) is 16.7 Å². The van der Waals surface area contributed by atoms with Crippen LogP contribution in [0.25, 0.3) is 11.0 Å². The number of nitrogens with one attached hydrogen (secondary N) is 2. The zero-order chi connectivity index (χ0) is 13.2. The van der Waals surface area contributed by atoms with E-state index >= 15 is 0 Å². The fourth-order valence-corrected chi connectivity index (χ4v) is 2.30. The van der Waals surface area contributed by atoms with Gasteiger partial charge >= 0.3 is 0 Å². The Kier molecular flexibility index (Phi) is 3.48. The molecule has 0 radical (unpaired) electrons. The van der Waals surface area contributed by atoms with E-state index in [0.29, 0.717) is 17.5 Å². The predicted octanol–water partition coefficient (Wildman–Crippen LogP) is 1.89. The van der Waals surface area contributed by atoms with E-state index in [-0.39, 0.29) is 0 Å². The molecule has 0 saturated carbocycles. The van der Waals surface area contributed by atoms with Gasteiger partial charge in [-0.15, -0.1) is 0 Å². The van der Waals surface area contributed by atoms with Gasteiger partial charge in [0.25, 0.3) is 0 Å². The fourth-order valence-electron chi connectivity index (χ4n) is 1.83. The van der Waals surface area contributed by atoms with Crippen molar-refractivity contribution in [2.45, 2.75) is 0 Å². The number of aromatic nitrogens is 3. The van der Waals surface area contributed by atoms with Gasteiger partial charge in [-0.1, -0.05) is 0 Å². The first-order chi connectivity index (χ1) is 9.26. The van der Waals surface area contributed by atoms with E-state index < -0.39 is 0 Å². The second-order valence-electron chi connectivity index (χ2n) is 4.46. The Hall–Kier alpha value is -1.47. The number of pyridine rings is 1. The first-order valence-corrected chi connectivity index (χ1v) is 6.88. The quantitative estimate of drug-likeness (QED) is 0.895. The lowest BCUT2D eigenvalue weighted by molar-refractivity contribution is -0.0248. The average molecular weight is 324 g/mol. The largest absolute Gasteiger partial charge is 0.381 e. The highest BCUT2D eigenvalue weighted by Gasteiger charge is 2.18. The molecule has 0 spiro atoms. The third kappa shape index (κ3) is 2.62. The van der Waals surface area contributed by atoms with E-state index in [4.69, 9.17) is 4.74 Å². The lowest BCUT2D eigenvalue weighted by Crippen LogP contribution is -2.33. The molecule has 2 aromatic heterocycles. The highest BCUT2D eigenvalue weighted by molar-refractivity contribution is 9.10. The molecular weight excluding hydrogens is 310 g/mol. The Labute approximate surface area is 119 Å². The van der Waals surface area contributed by atoms with Crippen molar-refractivity contribution >= 4 is 38.7 Å². The van der Waals surface area contributed by atoms with Gasteiger partial charge in [-0.3, -0.25) is 0 Å². The summed E-state index contributed by atoms with van der Waals surface area (Å²) in [5.41, 5.74) is 0.676. The molecule has 1 fully saturated rings. The summed E-state index contributed by atoms with van der Waals surface area (Å²) < 4.78 is 6.07. The number of nitrogens with zero attached hydrogens (tertiary/aromatic N) is 3. The maximum Gasteiger partial charge on any atom is 0.224 e. The Morgan fingerprint density at radius 2 is 2.26 bits per heavy atom. The molecular formula is C12H14BrN5O. The topological polar surface area (TPSA) is 72.0 Å². The van der Waals surface area contributed by atoms with E-state index in [2.05, 4.69) is 41.5 Å². The van der Waals surface area contributed by atoms with Gasteiger partial charge < -0.3 is 15.4 Å². The second-order valence-corrected chi connectivity index (χ2v) is 5.31. The standard InChI is InChI=1S/C12H14BrN5O/c1-14-12-16-4-8-2-9(13)11(17-10(8)18-12)15-3-7-5-19-6-7/h2,4,7H,3,5-6H2,1H3,(H2,14,15,16,17,18). The highest BCUT2D eigenvalue weighted by atomic mass is 79.9. The van der Waals surface area contributed by atoms with Crippen LogP contribution in [0.1, 0.15) is 0 Å². The number of hydrogen-bond acceptors (Lipinski definition) is 6. The van der Waals surface area contributed by atoms with Gasteiger partial charge in [-0.25, -0.2) is 9.97 Å². The molecule has 1 aliphatic rings. The molecule has 100 valence electrons. The molecule has 0 aliphatic carbocycles. The minimum absolute atomic E-state index is 0.570. The smallest absolute Gasteiger partial charge is 0.224 e. The van der Waals surface area contributed by atoms with Crippen LogP contribution in [0, 0.1) is 5.92 Å². The Bertz CT molecular complexity index is 602. The van der Waals surface area contributed by atoms with Crippen molar-refractivity contribution in [2.75, 3.05) is 37.4 Å². The molecule has 0 amide bonds. The van der Waals surface area contributed by atoms with Crippen LogP contribution in [-0.2, 0) is 4.74 Å². The molecule has 0 aromatic carbocycles. The molecule has 7 heteroatoms. The summed E-state index contributed by atoms with van der Waals surface area (Å²) in [6, 6.07) is 1.97. The summed E-state index contributed by atoms with van der Waals surface area (Å²) in [6.45, 7) is 2.51. The van der Waals surface area contributed by atoms with E-state index in [1.807, 2.05) is 6.07 Å². The third-order valence-electron chi connectivity index (χ3n) is 3.01. The summed E-state index contributed by atoms with van der Waals surface area (Å²) in [4.78, 5) is 13.0. The number of halogens is 1. The van der Waals surface area contributed by atoms with Crippen LogP contribution in [-0.4, -0.2) is 41.8 Å².